The predicted molar refractivity (Wildman–Crippen MR) is 105 cm³/mol. The van der Waals surface area contributed by atoms with Crippen LogP contribution in [0.2, 0.25) is 0 Å². The van der Waals surface area contributed by atoms with Crippen molar-refractivity contribution < 1.29 is 9.53 Å². The Bertz CT molecular complexity index is 755. The molecule has 2 heterocycles. The molecule has 5 heteroatoms. The second kappa shape index (κ2) is 8.07. The Kier molecular flexibility index (Phi) is 5.37. The average Bonchev–Trinajstić information content (AvgIpc) is 3.17. The summed E-state index contributed by atoms with van der Waals surface area (Å²) in [6.45, 7) is 3.75. The van der Waals surface area contributed by atoms with Gasteiger partial charge in [-0.15, -0.1) is 0 Å². The van der Waals surface area contributed by atoms with E-state index in [2.05, 4.69) is 46.1 Å². The van der Waals surface area contributed by atoms with Crippen molar-refractivity contribution in [3.8, 4) is 0 Å². The van der Waals surface area contributed by atoms with Crippen molar-refractivity contribution in [1.29, 1.82) is 0 Å². The molecule has 0 spiro atoms. The summed E-state index contributed by atoms with van der Waals surface area (Å²) in [5.41, 5.74) is 2.56. The van der Waals surface area contributed by atoms with E-state index < -0.39 is 0 Å². The van der Waals surface area contributed by atoms with Crippen LogP contribution >= 0.6 is 0 Å². The zero-order chi connectivity index (χ0) is 18.6. The van der Waals surface area contributed by atoms with E-state index >= 15 is 0 Å². The summed E-state index contributed by atoms with van der Waals surface area (Å²) in [5, 5.41) is 0. The quantitative estimate of drug-likeness (QED) is 0.770. The van der Waals surface area contributed by atoms with Crippen molar-refractivity contribution in [2.45, 2.75) is 51.0 Å². The molecule has 1 saturated heterocycles. The van der Waals surface area contributed by atoms with E-state index in [0.717, 1.165) is 51.0 Å². The molecule has 1 aromatic heterocycles. The van der Waals surface area contributed by atoms with Gasteiger partial charge in [-0.3, -0.25) is 9.78 Å². The van der Waals surface area contributed by atoms with Gasteiger partial charge in [-0.05, 0) is 44.6 Å². The molecule has 0 amide bonds. The van der Waals surface area contributed by atoms with E-state index in [1.165, 1.54) is 11.1 Å². The molecule has 4 rings (SSSR count). The molecule has 2 aliphatic rings. The number of hydrogen-bond acceptors (Lipinski definition) is 5. The van der Waals surface area contributed by atoms with Gasteiger partial charge in [0.1, 0.15) is 11.9 Å². The topological polar surface area (TPSA) is 55.3 Å². The third-order valence-corrected chi connectivity index (χ3v) is 5.93. The van der Waals surface area contributed by atoms with E-state index in [1.54, 1.807) is 18.6 Å². The van der Waals surface area contributed by atoms with Gasteiger partial charge in [0.05, 0.1) is 12.1 Å². The molecule has 2 aromatic rings. The SMILES string of the molecule is Cc1ccc([C@@H]2CCC[C@@H]2OC(=O)C2CCN(c3cnccn3)CC2)cc1. The number of carbonyl (C=O) groups is 1. The molecule has 1 saturated carbocycles. The standard InChI is InChI=1S/C22H27N3O2/c1-16-5-7-17(8-6-16)19-3-2-4-20(19)27-22(26)18-9-13-25(14-10-18)21-15-23-11-12-24-21/h5-8,11-12,15,18-20H,2-4,9-10,13-14H2,1H3/t19-,20-/m0/s1. The van der Waals surface area contributed by atoms with Crippen LogP contribution in [0.5, 0.6) is 0 Å². The van der Waals surface area contributed by atoms with Gasteiger partial charge in [0, 0.05) is 31.4 Å². The summed E-state index contributed by atoms with van der Waals surface area (Å²) in [4.78, 5) is 23.4. The lowest BCUT2D eigenvalue weighted by Crippen LogP contribution is -2.38. The van der Waals surface area contributed by atoms with Crippen LogP contribution in [0.4, 0.5) is 5.82 Å². The maximum atomic E-state index is 12.8. The molecular weight excluding hydrogens is 338 g/mol. The number of aryl methyl sites for hydroxylation is 1. The molecule has 0 N–H and O–H groups in total. The summed E-state index contributed by atoms with van der Waals surface area (Å²) in [7, 11) is 0. The molecule has 2 atom stereocenters. The predicted octanol–water partition coefficient (Wildman–Crippen LogP) is 3.88. The van der Waals surface area contributed by atoms with Crippen molar-refractivity contribution in [3.05, 3.63) is 54.0 Å². The highest BCUT2D eigenvalue weighted by Gasteiger charge is 2.34. The van der Waals surface area contributed by atoms with Gasteiger partial charge in [-0.1, -0.05) is 29.8 Å². The smallest absolute Gasteiger partial charge is 0.309 e. The molecule has 1 aromatic carbocycles. The number of benzene rings is 1. The number of nitrogens with zero attached hydrogens (tertiary/aromatic N) is 3. The van der Waals surface area contributed by atoms with Crippen LogP contribution in [0.25, 0.3) is 0 Å². The van der Waals surface area contributed by atoms with Gasteiger partial charge in [-0.25, -0.2) is 4.98 Å². The number of aromatic nitrogens is 2. The van der Waals surface area contributed by atoms with Gasteiger partial charge >= 0.3 is 5.97 Å². The minimum atomic E-state index is -0.0159. The maximum absolute atomic E-state index is 12.8. The number of ether oxygens (including phenoxy) is 1. The Morgan fingerprint density at radius 1 is 1.07 bits per heavy atom. The van der Waals surface area contributed by atoms with Crippen molar-refractivity contribution in [3.63, 3.8) is 0 Å². The Hall–Kier alpha value is -2.43. The third kappa shape index (κ3) is 4.12. The first kappa shape index (κ1) is 18.0. The second-order valence-corrected chi connectivity index (χ2v) is 7.75. The fourth-order valence-electron chi connectivity index (χ4n) is 4.31. The Balaban J connectivity index is 1.33. The molecule has 1 aliphatic heterocycles. The monoisotopic (exact) mass is 365 g/mol. The summed E-state index contributed by atoms with van der Waals surface area (Å²) in [6.07, 6.45) is 10.0. The van der Waals surface area contributed by atoms with E-state index in [-0.39, 0.29) is 18.0 Å². The van der Waals surface area contributed by atoms with Gasteiger partial charge in [0.2, 0.25) is 0 Å². The van der Waals surface area contributed by atoms with E-state index in [9.17, 15) is 4.79 Å². The highest BCUT2D eigenvalue weighted by molar-refractivity contribution is 5.73. The fourth-order valence-corrected chi connectivity index (χ4v) is 4.31. The van der Waals surface area contributed by atoms with Crippen molar-refractivity contribution in [1.82, 2.24) is 9.97 Å². The van der Waals surface area contributed by atoms with Gasteiger partial charge in [0.15, 0.2) is 0 Å². The molecule has 142 valence electrons. The third-order valence-electron chi connectivity index (χ3n) is 5.93. The van der Waals surface area contributed by atoms with Crippen molar-refractivity contribution in [2.75, 3.05) is 18.0 Å². The minimum absolute atomic E-state index is 0.00260. The van der Waals surface area contributed by atoms with E-state index in [0.29, 0.717) is 5.92 Å². The number of esters is 1. The number of rotatable bonds is 4. The summed E-state index contributed by atoms with van der Waals surface area (Å²) in [6, 6.07) is 8.67. The normalized spacial score (nSPS) is 23.4. The average molecular weight is 365 g/mol. The lowest BCUT2D eigenvalue weighted by atomic mass is 9.94. The van der Waals surface area contributed by atoms with Crippen LogP contribution in [0, 0.1) is 12.8 Å². The van der Waals surface area contributed by atoms with Crippen LogP contribution in [0.15, 0.2) is 42.9 Å². The molecule has 0 bridgehead atoms. The van der Waals surface area contributed by atoms with E-state index in [4.69, 9.17) is 4.74 Å². The first-order chi connectivity index (χ1) is 13.2. The minimum Gasteiger partial charge on any atom is -0.462 e. The first-order valence-electron chi connectivity index (χ1n) is 9.99. The zero-order valence-electron chi connectivity index (χ0n) is 15.9. The lowest BCUT2D eigenvalue weighted by Gasteiger charge is -2.32. The van der Waals surface area contributed by atoms with Crippen LogP contribution < -0.4 is 4.90 Å². The molecule has 0 radical (unpaired) electrons. The van der Waals surface area contributed by atoms with Crippen molar-refractivity contribution in [2.24, 2.45) is 5.92 Å². The molecular formula is C22H27N3O2. The molecule has 27 heavy (non-hydrogen) atoms. The van der Waals surface area contributed by atoms with Gasteiger partial charge in [0.25, 0.3) is 0 Å². The Morgan fingerprint density at radius 2 is 1.85 bits per heavy atom. The van der Waals surface area contributed by atoms with Crippen LogP contribution in [0.3, 0.4) is 0 Å². The molecule has 5 nitrogen and oxygen atoms in total. The van der Waals surface area contributed by atoms with Crippen LogP contribution in [-0.2, 0) is 9.53 Å². The zero-order valence-corrected chi connectivity index (χ0v) is 15.9. The molecule has 1 aliphatic carbocycles. The molecule has 2 fully saturated rings. The number of piperidine rings is 1. The fraction of sp³-hybridized carbons (Fsp3) is 0.500. The Morgan fingerprint density at radius 3 is 2.56 bits per heavy atom. The van der Waals surface area contributed by atoms with Gasteiger partial charge < -0.3 is 9.64 Å². The second-order valence-electron chi connectivity index (χ2n) is 7.75. The first-order valence-corrected chi connectivity index (χ1v) is 9.99. The number of hydrogen-bond donors (Lipinski definition) is 0. The molecule has 0 unspecified atom stereocenters. The number of anilines is 1. The summed E-state index contributed by atoms with van der Waals surface area (Å²) >= 11 is 0. The number of carbonyl (C=O) groups excluding carboxylic acids is 1. The van der Waals surface area contributed by atoms with Crippen LogP contribution in [-0.4, -0.2) is 35.1 Å². The highest BCUT2D eigenvalue weighted by atomic mass is 16.5. The highest BCUT2D eigenvalue weighted by Crippen LogP contribution is 2.37. The lowest BCUT2D eigenvalue weighted by molar-refractivity contribution is -0.155. The maximum Gasteiger partial charge on any atom is 0.309 e. The van der Waals surface area contributed by atoms with Crippen LogP contribution in [0.1, 0.15) is 49.1 Å². The summed E-state index contributed by atoms with van der Waals surface area (Å²) < 4.78 is 6.00. The Labute approximate surface area is 160 Å². The summed E-state index contributed by atoms with van der Waals surface area (Å²) in [5.74, 6) is 1.21. The van der Waals surface area contributed by atoms with Gasteiger partial charge in [-0.2, -0.15) is 0 Å². The van der Waals surface area contributed by atoms with E-state index in [1.807, 2.05) is 0 Å². The van der Waals surface area contributed by atoms with Crippen molar-refractivity contribution >= 4 is 11.8 Å². The largest absolute Gasteiger partial charge is 0.462 e.